The third-order valence-electron chi connectivity index (χ3n) is 13.9. The lowest BCUT2D eigenvalue weighted by molar-refractivity contribution is -0.130. The van der Waals surface area contributed by atoms with Crippen LogP contribution in [-0.2, 0) is 31.3 Å². The Morgan fingerprint density at radius 3 is 2.73 bits per heavy atom. The van der Waals surface area contributed by atoms with Crippen molar-refractivity contribution < 1.29 is 27.4 Å². The van der Waals surface area contributed by atoms with E-state index in [0.717, 1.165) is 108 Å². The minimum absolute atomic E-state index is 0.229. The van der Waals surface area contributed by atoms with Gasteiger partial charge in [-0.2, -0.15) is 0 Å². The number of sulfonamides is 1. The molecule has 2 aromatic carbocycles. The van der Waals surface area contributed by atoms with Gasteiger partial charge in [-0.25, -0.2) is 13.1 Å². The van der Waals surface area contributed by atoms with Crippen molar-refractivity contribution in [3.8, 4) is 5.75 Å². The first-order valence-electron chi connectivity index (χ1n) is 21.1. The van der Waals surface area contributed by atoms with Crippen LogP contribution in [0.15, 0.2) is 48.6 Å². The number of anilines is 1. The van der Waals surface area contributed by atoms with Gasteiger partial charge in [0.2, 0.25) is 10.0 Å². The minimum Gasteiger partial charge on any atom is -0.490 e. The molecule has 0 aromatic heterocycles. The van der Waals surface area contributed by atoms with Gasteiger partial charge in [-0.05, 0) is 111 Å². The summed E-state index contributed by atoms with van der Waals surface area (Å²) in [4.78, 5) is 21.4. The monoisotopic (exact) mass is 808 g/mol. The Hall–Kier alpha value is -2.67. The zero-order valence-corrected chi connectivity index (χ0v) is 35.3. The smallest absolute Gasteiger partial charge is 0.264 e. The predicted molar refractivity (Wildman–Crippen MR) is 221 cm³/mol. The summed E-state index contributed by atoms with van der Waals surface area (Å²) < 4.78 is 49.9. The first-order valence-corrected chi connectivity index (χ1v) is 23.0. The zero-order valence-electron chi connectivity index (χ0n) is 33.7. The highest BCUT2D eigenvalue weighted by Crippen LogP contribution is 2.49. The van der Waals surface area contributed by atoms with Crippen LogP contribution in [0.1, 0.15) is 81.3 Å². The summed E-state index contributed by atoms with van der Waals surface area (Å²) in [6.45, 7) is 17.0. The standard InChI is InChI=1S/C44H61ClN4O6S/c1-30(2)25-55-44(28-47-17-18-48-19-20-53-26-37(48)24-47)16-5-7-31(3)32(4)56(51,52)46-42(50)34-10-14-41-40(22-34)49(23-35-9-12-39(35)44)27-43(29-54-41)15-6-8-33-21-36(45)11-13-38(33)43/h5,10-11,13-14,16,21-22,30-32,35,37,39H,6-9,12,15,17-20,23-29H2,1-4H3,(H,46,50)/b16-5+/t31-,32+,35-,37-,39+,43-,44+/m0/s1. The summed E-state index contributed by atoms with van der Waals surface area (Å²) in [5.74, 6) is 0.795. The fourth-order valence-corrected chi connectivity index (χ4v) is 11.8. The second-order valence-electron chi connectivity index (χ2n) is 18.2. The van der Waals surface area contributed by atoms with E-state index < -0.39 is 26.8 Å². The van der Waals surface area contributed by atoms with Crippen molar-refractivity contribution in [1.82, 2.24) is 14.5 Å². The molecule has 4 heterocycles. The molecule has 0 unspecified atom stereocenters. The van der Waals surface area contributed by atoms with Crippen molar-refractivity contribution in [3.05, 3.63) is 70.3 Å². The van der Waals surface area contributed by atoms with Crippen molar-refractivity contribution in [2.45, 2.75) is 88.5 Å². The quantitative estimate of drug-likeness (QED) is 0.349. The van der Waals surface area contributed by atoms with Crippen LogP contribution in [0.4, 0.5) is 5.69 Å². The minimum atomic E-state index is -3.97. The van der Waals surface area contributed by atoms with Gasteiger partial charge in [-0.3, -0.25) is 14.6 Å². The maximum Gasteiger partial charge on any atom is 0.264 e. The summed E-state index contributed by atoms with van der Waals surface area (Å²) in [6.07, 6.45) is 10.2. The number of ether oxygens (including phenoxy) is 3. The summed E-state index contributed by atoms with van der Waals surface area (Å²) in [5.41, 5.74) is 2.87. The Morgan fingerprint density at radius 2 is 1.93 bits per heavy atom. The second kappa shape index (κ2) is 16.2. The van der Waals surface area contributed by atoms with E-state index in [1.54, 1.807) is 13.0 Å². The molecule has 0 radical (unpaired) electrons. The number of carbonyl (C=O) groups excluding carboxylic acids is 1. The molecular weight excluding hydrogens is 748 g/mol. The van der Waals surface area contributed by atoms with Gasteiger partial charge in [0.1, 0.15) is 11.4 Å². The summed E-state index contributed by atoms with van der Waals surface area (Å²) in [6, 6.07) is 12.1. The Kier molecular flexibility index (Phi) is 11.6. The molecule has 7 atom stereocenters. The molecule has 2 aliphatic carbocycles. The average Bonchev–Trinajstić information content (AvgIpc) is 3.31. The number of amides is 1. The average molecular weight is 810 g/mol. The van der Waals surface area contributed by atoms with Crippen molar-refractivity contribution in [2.75, 3.05) is 77.1 Å². The number of benzene rings is 2. The number of halogens is 1. The lowest BCUT2D eigenvalue weighted by atomic mass is 9.63. The molecule has 56 heavy (non-hydrogen) atoms. The van der Waals surface area contributed by atoms with Gasteiger partial charge < -0.3 is 19.1 Å². The van der Waals surface area contributed by atoms with Crippen LogP contribution < -0.4 is 14.4 Å². The summed E-state index contributed by atoms with van der Waals surface area (Å²) >= 11 is 6.54. The van der Waals surface area contributed by atoms with Crippen LogP contribution >= 0.6 is 11.6 Å². The highest BCUT2D eigenvalue weighted by atomic mass is 35.5. The number of hydrogen-bond donors (Lipinski definition) is 1. The molecule has 1 N–H and O–H groups in total. The first-order chi connectivity index (χ1) is 26.8. The summed E-state index contributed by atoms with van der Waals surface area (Å²) in [5, 5.41) is -0.0373. The van der Waals surface area contributed by atoms with E-state index in [1.807, 2.05) is 25.1 Å². The SMILES string of the molecule is CC(C)CO[C@@]1(CN2CCN3CCOC[C@@H]3C2)/C=C/C[C@H](C)[C@@H](C)S(=O)(=O)NC(=O)c2ccc3c(c2)N(C[C@@H]2CC[C@H]21)C[C@@]1(CCCc2cc(Cl)ccc21)CO3. The number of nitrogens with one attached hydrogen (secondary N) is 1. The molecule has 12 heteroatoms. The second-order valence-corrected chi connectivity index (χ2v) is 20.7. The third kappa shape index (κ3) is 8.02. The molecule has 1 spiro atoms. The highest BCUT2D eigenvalue weighted by molar-refractivity contribution is 7.90. The van der Waals surface area contributed by atoms with Gasteiger partial charge in [0.05, 0.1) is 37.4 Å². The number of rotatable bonds is 5. The van der Waals surface area contributed by atoms with Crippen LogP contribution in [0.25, 0.3) is 0 Å². The van der Waals surface area contributed by atoms with E-state index in [1.165, 1.54) is 11.1 Å². The first kappa shape index (κ1) is 40.1. The Labute approximate surface area is 339 Å². The van der Waals surface area contributed by atoms with E-state index in [4.69, 9.17) is 25.8 Å². The molecule has 8 rings (SSSR count). The molecule has 306 valence electrons. The van der Waals surface area contributed by atoms with Crippen molar-refractivity contribution in [1.29, 1.82) is 0 Å². The molecule has 1 amide bonds. The van der Waals surface area contributed by atoms with Gasteiger partial charge in [0.25, 0.3) is 5.91 Å². The molecule has 4 aliphatic heterocycles. The van der Waals surface area contributed by atoms with Crippen molar-refractivity contribution in [3.63, 3.8) is 0 Å². The molecule has 2 bridgehead atoms. The van der Waals surface area contributed by atoms with E-state index >= 15 is 0 Å². The van der Waals surface area contributed by atoms with Crippen LogP contribution in [-0.4, -0.2) is 113 Å². The van der Waals surface area contributed by atoms with Crippen molar-refractivity contribution in [2.24, 2.45) is 23.7 Å². The maximum atomic E-state index is 13.7. The van der Waals surface area contributed by atoms with Gasteiger partial charge in [-0.1, -0.05) is 50.6 Å². The fourth-order valence-electron chi connectivity index (χ4n) is 10.4. The van der Waals surface area contributed by atoms with Gasteiger partial charge in [-0.15, -0.1) is 0 Å². The molecule has 10 nitrogen and oxygen atoms in total. The molecule has 3 fully saturated rings. The molecule has 2 aromatic rings. The van der Waals surface area contributed by atoms with Crippen LogP contribution in [0.3, 0.4) is 0 Å². The molecular formula is C44H61ClN4O6S. The van der Waals surface area contributed by atoms with Crippen LogP contribution in [0.2, 0.25) is 5.02 Å². The predicted octanol–water partition coefficient (Wildman–Crippen LogP) is 6.31. The number of aryl methyl sites for hydroxylation is 1. The number of fused-ring (bicyclic) bond motifs is 5. The number of piperazine rings is 1. The Balaban J connectivity index is 1.21. The fraction of sp³-hybridized carbons (Fsp3) is 0.659. The number of allylic oxidation sites excluding steroid dienone is 1. The van der Waals surface area contributed by atoms with Crippen LogP contribution in [0.5, 0.6) is 5.75 Å². The van der Waals surface area contributed by atoms with Gasteiger partial charge >= 0.3 is 0 Å². The molecule has 2 saturated heterocycles. The van der Waals surface area contributed by atoms with Gasteiger partial charge in [0, 0.05) is 67.9 Å². The third-order valence-corrected chi connectivity index (χ3v) is 16.1. The number of morpholine rings is 1. The Morgan fingerprint density at radius 1 is 1.07 bits per heavy atom. The van der Waals surface area contributed by atoms with Crippen LogP contribution in [0, 0.1) is 23.7 Å². The Bertz CT molecular complexity index is 1910. The molecule has 6 aliphatic rings. The zero-order chi connectivity index (χ0) is 39.2. The molecule has 1 saturated carbocycles. The normalized spacial score (nSPS) is 34.3. The summed E-state index contributed by atoms with van der Waals surface area (Å²) in [7, 11) is -3.97. The van der Waals surface area contributed by atoms with E-state index in [9.17, 15) is 13.2 Å². The topological polar surface area (TPSA) is 101 Å². The van der Waals surface area contributed by atoms with E-state index in [0.29, 0.717) is 43.1 Å². The number of nitrogens with zero attached hydrogens (tertiary/aromatic N) is 3. The lowest BCUT2D eigenvalue weighted by Crippen LogP contribution is -2.63. The number of carbonyl (C=O) groups is 1. The lowest BCUT2D eigenvalue weighted by Gasteiger charge is -2.53. The van der Waals surface area contributed by atoms with Crippen molar-refractivity contribution >= 4 is 33.2 Å². The van der Waals surface area contributed by atoms with E-state index in [2.05, 4.69) is 57.6 Å². The number of hydrogen-bond acceptors (Lipinski definition) is 9. The van der Waals surface area contributed by atoms with Gasteiger partial charge in [0.15, 0.2) is 0 Å². The van der Waals surface area contributed by atoms with E-state index in [-0.39, 0.29) is 17.3 Å². The largest absolute Gasteiger partial charge is 0.490 e. The highest BCUT2D eigenvalue weighted by Gasteiger charge is 2.51. The maximum absolute atomic E-state index is 13.7.